The number of anilines is 1. The van der Waals surface area contributed by atoms with Crippen LogP contribution in [-0.4, -0.2) is 24.5 Å². The summed E-state index contributed by atoms with van der Waals surface area (Å²) in [5, 5.41) is 5.84. The maximum atomic E-state index is 11.8. The Morgan fingerprint density at radius 1 is 1.40 bits per heavy atom. The number of nitrogens with zero attached hydrogens (tertiary/aromatic N) is 1. The number of carbonyl (C=O) groups is 1. The molecule has 1 atom stereocenters. The molecular weight excluding hydrogens is 301 g/mol. The Bertz CT molecular complexity index is 572. The predicted octanol–water partition coefficient (Wildman–Crippen LogP) is 2.77. The normalized spacial score (nSPS) is 11.3. The zero-order chi connectivity index (χ0) is 13.1. The van der Waals surface area contributed by atoms with Crippen molar-refractivity contribution in [3.8, 4) is 0 Å². The first-order valence-electron chi connectivity index (χ1n) is 5.93. The van der Waals surface area contributed by atoms with Crippen LogP contribution in [0, 0.1) is 12.8 Å². The first-order valence-corrected chi connectivity index (χ1v) is 5.93. The molecule has 1 unspecified atom stereocenters. The van der Waals surface area contributed by atoms with Crippen molar-refractivity contribution in [2.24, 2.45) is 5.92 Å². The lowest BCUT2D eigenvalue weighted by Gasteiger charge is -2.11. The Kier molecular flexibility index (Phi) is 7.57. The predicted molar refractivity (Wildman–Crippen MR) is 85.0 cm³/mol. The van der Waals surface area contributed by atoms with E-state index in [9.17, 15) is 4.79 Å². The lowest BCUT2D eigenvalue weighted by Crippen LogP contribution is -2.28. The quantitative estimate of drug-likeness (QED) is 0.909. The molecule has 0 aliphatic carbocycles. The van der Waals surface area contributed by atoms with Crippen LogP contribution in [0.15, 0.2) is 22.6 Å². The number of aromatic nitrogens is 1. The molecule has 5 nitrogen and oxygen atoms in total. The van der Waals surface area contributed by atoms with E-state index in [0.717, 1.165) is 11.2 Å². The van der Waals surface area contributed by atoms with Crippen LogP contribution in [0.4, 0.5) is 5.69 Å². The van der Waals surface area contributed by atoms with Crippen molar-refractivity contribution >= 4 is 47.5 Å². The van der Waals surface area contributed by atoms with Crippen LogP contribution in [0.25, 0.3) is 11.1 Å². The van der Waals surface area contributed by atoms with Crippen LogP contribution in [0.5, 0.6) is 0 Å². The number of amides is 1. The maximum Gasteiger partial charge on any atom is 0.228 e. The fourth-order valence-corrected chi connectivity index (χ4v) is 1.78. The molecule has 1 amide bonds. The first kappa shape index (κ1) is 18.7. The van der Waals surface area contributed by atoms with Crippen molar-refractivity contribution < 1.29 is 9.21 Å². The van der Waals surface area contributed by atoms with Gasteiger partial charge in [0.2, 0.25) is 5.91 Å². The lowest BCUT2D eigenvalue weighted by atomic mass is 10.1. The fraction of sp³-hybridized carbons (Fsp3) is 0.385. The van der Waals surface area contributed by atoms with E-state index in [1.165, 1.54) is 0 Å². The highest BCUT2D eigenvalue weighted by atomic mass is 35.5. The number of hydrogen-bond donors (Lipinski definition) is 2. The number of fused-ring (bicyclic) bond motifs is 1. The molecule has 2 rings (SSSR count). The topological polar surface area (TPSA) is 67.2 Å². The Labute approximate surface area is 130 Å². The number of halogens is 2. The zero-order valence-electron chi connectivity index (χ0n) is 11.6. The second kappa shape index (κ2) is 8.09. The van der Waals surface area contributed by atoms with Gasteiger partial charge in [0.1, 0.15) is 5.52 Å². The molecule has 0 saturated heterocycles. The summed E-state index contributed by atoms with van der Waals surface area (Å²) >= 11 is 0. The molecule has 0 aliphatic rings. The second-order valence-electron chi connectivity index (χ2n) is 4.36. The van der Waals surface area contributed by atoms with Gasteiger partial charge in [0.15, 0.2) is 11.5 Å². The van der Waals surface area contributed by atoms with E-state index in [1.54, 1.807) is 13.0 Å². The molecule has 20 heavy (non-hydrogen) atoms. The number of nitrogens with one attached hydrogen (secondary N) is 2. The molecule has 2 N–H and O–H groups in total. The van der Waals surface area contributed by atoms with Crippen LogP contribution in [0.1, 0.15) is 12.8 Å². The summed E-state index contributed by atoms with van der Waals surface area (Å²) in [6.07, 6.45) is 0. The molecule has 0 spiro atoms. The average molecular weight is 320 g/mol. The monoisotopic (exact) mass is 319 g/mol. The summed E-state index contributed by atoms with van der Waals surface area (Å²) in [5.74, 6) is 0.527. The molecule has 1 aromatic heterocycles. The number of carbonyl (C=O) groups excluding carboxylic acids is 1. The summed E-state index contributed by atoms with van der Waals surface area (Å²) in [4.78, 5) is 16.1. The minimum Gasteiger partial charge on any atom is -0.441 e. The summed E-state index contributed by atoms with van der Waals surface area (Å²) in [6.45, 7) is 4.33. The van der Waals surface area contributed by atoms with Gasteiger partial charge in [0.25, 0.3) is 0 Å². The Balaban J connectivity index is 0.00000180. The van der Waals surface area contributed by atoms with Crippen molar-refractivity contribution in [3.05, 3.63) is 24.1 Å². The highest BCUT2D eigenvalue weighted by Gasteiger charge is 2.12. The van der Waals surface area contributed by atoms with Crippen LogP contribution < -0.4 is 10.6 Å². The molecule has 0 radical (unpaired) electrons. The lowest BCUT2D eigenvalue weighted by molar-refractivity contribution is -0.119. The third kappa shape index (κ3) is 4.37. The van der Waals surface area contributed by atoms with E-state index >= 15 is 0 Å². The van der Waals surface area contributed by atoms with E-state index in [2.05, 4.69) is 15.6 Å². The number of aryl methyl sites for hydroxylation is 1. The third-order valence-corrected chi connectivity index (χ3v) is 2.72. The first-order chi connectivity index (χ1) is 8.60. The standard InChI is InChI=1S/C13H17N3O2.2ClH/c1-8(7-14-3)13(17)16-10-4-5-11-12(6-10)18-9(2)15-11;;/h4-6,8,14H,7H2,1-3H3,(H,16,17);2*1H. The second-order valence-corrected chi connectivity index (χ2v) is 4.36. The largest absolute Gasteiger partial charge is 0.441 e. The van der Waals surface area contributed by atoms with Crippen LogP contribution in [0.2, 0.25) is 0 Å². The van der Waals surface area contributed by atoms with Crippen molar-refractivity contribution in [2.45, 2.75) is 13.8 Å². The van der Waals surface area contributed by atoms with Gasteiger partial charge in [0.05, 0.1) is 0 Å². The molecule has 112 valence electrons. The molecule has 2 aromatic rings. The fourth-order valence-electron chi connectivity index (χ4n) is 1.78. The van der Waals surface area contributed by atoms with E-state index < -0.39 is 0 Å². The molecule has 1 heterocycles. The zero-order valence-corrected chi connectivity index (χ0v) is 13.2. The minimum absolute atomic E-state index is 0. The highest BCUT2D eigenvalue weighted by molar-refractivity contribution is 5.94. The van der Waals surface area contributed by atoms with Gasteiger partial charge in [0, 0.05) is 31.1 Å². The molecule has 0 aliphatic heterocycles. The molecule has 0 saturated carbocycles. The summed E-state index contributed by atoms with van der Waals surface area (Å²) in [6, 6.07) is 5.46. The molecule has 7 heteroatoms. The van der Waals surface area contributed by atoms with Crippen LogP contribution in [-0.2, 0) is 4.79 Å². The van der Waals surface area contributed by atoms with Gasteiger partial charge in [-0.15, -0.1) is 24.8 Å². The van der Waals surface area contributed by atoms with Crippen LogP contribution in [0.3, 0.4) is 0 Å². The van der Waals surface area contributed by atoms with Crippen LogP contribution >= 0.6 is 24.8 Å². The maximum absolute atomic E-state index is 11.8. The molecule has 0 fully saturated rings. The summed E-state index contributed by atoms with van der Waals surface area (Å²) < 4.78 is 5.42. The van der Waals surface area contributed by atoms with Gasteiger partial charge in [-0.3, -0.25) is 4.79 Å². The van der Waals surface area contributed by atoms with E-state index in [-0.39, 0.29) is 36.6 Å². The summed E-state index contributed by atoms with van der Waals surface area (Å²) in [7, 11) is 1.83. The van der Waals surface area contributed by atoms with E-state index in [0.29, 0.717) is 18.0 Å². The van der Waals surface area contributed by atoms with Gasteiger partial charge in [-0.25, -0.2) is 4.98 Å². The number of hydrogen-bond acceptors (Lipinski definition) is 4. The smallest absolute Gasteiger partial charge is 0.228 e. The number of benzene rings is 1. The van der Waals surface area contributed by atoms with Gasteiger partial charge in [-0.05, 0) is 19.2 Å². The van der Waals surface area contributed by atoms with Crippen molar-refractivity contribution in [1.82, 2.24) is 10.3 Å². The molecule has 0 bridgehead atoms. The highest BCUT2D eigenvalue weighted by Crippen LogP contribution is 2.20. The Hall–Kier alpha value is -1.30. The van der Waals surface area contributed by atoms with Crippen molar-refractivity contribution in [3.63, 3.8) is 0 Å². The Morgan fingerprint density at radius 3 is 2.75 bits per heavy atom. The molecular formula is C13H19Cl2N3O2. The van der Waals surface area contributed by atoms with Crippen molar-refractivity contribution in [2.75, 3.05) is 18.9 Å². The van der Waals surface area contributed by atoms with E-state index in [4.69, 9.17) is 4.42 Å². The van der Waals surface area contributed by atoms with Gasteiger partial charge in [-0.2, -0.15) is 0 Å². The Morgan fingerprint density at radius 2 is 2.10 bits per heavy atom. The SMILES string of the molecule is CNCC(C)C(=O)Nc1ccc2nc(C)oc2c1.Cl.Cl. The van der Waals surface area contributed by atoms with Gasteiger partial charge >= 0.3 is 0 Å². The minimum atomic E-state index is -0.0813. The average Bonchev–Trinajstić information content (AvgIpc) is 2.68. The van der Waals surface area contributed by atoms with Crippen molar-refractivity contribution in [1.29, 1.82) is 0 Å². The van der Waals surface area contributed by atoms with Gasteiger partial charge < -0.3 is 15.1 Å². The third-order valence-electron chi connectivity index (χ3n) is 2.72. The van der Waals surface area contributed by atoms with Gasteiger partial charge in [-0.1, -0.05) is 6.92 Å². The number of oxazole rings is 1. The van der Waals surface area contributed by atoms with E-state index in [1.807, 2.05) is 26.1 Å². The number of rotatable bonds is 4. The molecule has 1 aromatic carbocycles. The summed E-state index contributed by atoms with van der Waals surface area (Å²) in [5.41, 5.74) is 2.21.